The number of nitrogens with zero attached hydrogens (tertiary/aromatic N) is 2. The Bertz CT molecular complexity index is 1580. The molecule has 0 radical (unpaired) electrons. The lowest BCUT2D eigenvalue weighted by Gasteiger charge is -2.32. The number of hydrogen-bond acceptors (Lipinski definition) is 5. The van der Waals surface area contributed by atoms with Crippen molar-refractivity contribution in [1.29, 1.82) is 0 Å². The summed E-state index contributed by atoms with van der Waals surface area (Å²) >= 11 is 2.16. The van der Waals surface area contributed by atoms with Crippen LogP contribution in [0.15, 0.2) is 47.4 Å². The Balaban J connectivity index is 1.47. The SMILES string of the molecule is Cc1[nH]c(/C=C2\C(=O)Nc3ccc(S(=O)(=O)Cc4cccc(I)c4)cc32)c(C)c1C(=O)N1CCN(C)CC1. The summed E-state index contributed by atoms with van der Waals surface area (Å²) < 4.78 is 27.4. The van der Waals surface area contributed by atoms with E-state index in [0.717, 1.165) is 27.9 Å². The number of anilines is 1. The van der Waals surface area contributed by atoms with E-state index >= 15 is 0 Å². The van der Waals surface area contributed by atoms with Gasteiger partial charge in [0, 0.05) is 52.4 Å². The average Bonchev–Trinajstić information content (AvgIpc) is 3.33. The molecular weight excluding hydrogens is 615 g/mol. The minimum atomic E-state index is -3.63. The molecule has 2 aliphatic rings. The van der Waals surface area contributed by atoms with Crippen LogP contribution in [0.25, 0.3) is 11.6 Å². The van der Waals surface area contributed by atoms with Gasteiger partial charge in [0.05, 0.1) is 21.8 Å². The molecule has 2 aliphatic heterocycles. The van der Waals surface area contributed by atoms with Crippen molar-refractivity contribution >= 4 is 61.6 Å². The number of amides is 2. The molecule has 2 aromatic carbocycles. The van der Waals surface area contributed by atoms with E-state index in [0.29, 0.717) is 46.7 Å². The Morgan fingerprint density at radius 3 is 2.53 bits per heavy atom. The van der Waals surface area contributed by atoms with Gasteiger partial charge < -0.3 is 20.1 Å². The van der Waals surface area contributed by atoms with E-state index in [1.54, 1.807) is 24.3 Å². The number of aromatic nitrogens is 1. The fraction of sp³-hybridized carbons (Fsp3) is 0.286. The van der Waals surface area contributed by atoms with Gasteiger partial charge >= 0.3 is 0 Å². The predicted octanol–water partition coefficient (Wildman–Crippen LogP) is 4.09. The summed E-state index contributed by atoms with van der Waals surface area (Å²) in [6.45, 7) is 6.73. The summed E-state index contributed by atoms with van der Waals surface area (Å²) in [5.74, 6) is -0.463. The van der Waals surface area contributed by atoms with Crippen molar-refractivity contribution in [1.82, 2.24) is 14.8 Å². The second-order valence-electron chi connectivity index (χ2n) is 9.87. The third-order valence-electron chi connectivity index (χ3n) is 7.15. The van der Waals surface area contributed by atoms with Crippen molar-refractivity contribution in [3.63, 3.8) is 0 Å². The summed E-state index contributed by atoms with van der Waals surface area (Å²) in [7, 11) is -1.59. The number of benzene rings is 2. The highest BCUT2D eigenvalue weighted by atomic mass is 127. The molecule has 10 heteroatoms. The molecule has 1 saturated heterocycles. The van der Waals surface area contributed by atoms with Crippen molar-refractivity contribution in [2.24, 2.45) is 0 Å². The number of sulfone groups is 1. The first kappa shape index (κ1) is 26.6. The maximum atomic E-state index is 13.3. The Labute approximate surface area is 236 Å². The molecule has 38 heavy (non-hydrogen) atoms. The van der Waals surface area contributed by atoms with Crippen LogP contribution in [-0.2, 0) is 20.4 Å². The quantitative estimate of drug-likeness (QED) is 0.322. The van der Waals surface area contributed by atoms with Crippen LogP contribution >= 0.6 is 22.6 Å². The smallest absolute Gasteiger partial charge is 0.256 e. The second-order valence-corrected chi connectivity index (χ2v) is 13.1. The molecule has 0 aliphatic carbocycles. The largest absolute Gasteiger partial charge is 0.358 e. The standard InChI is InChI=1S/C28H29IN4O4S/c1-17-25(30-18(2)26(17)28(35)33-11-9-32(3)10-12-33)15-23-22-14-21(7-8-24(22)31-27(23)34)38(36,37)16-19-5-4-6-20(29)13-19/h4-8,13-15,30H,9-12,16H2,1-3H3,(H,31,34)/b23-15-. The first-order valence-corrected chi connectivity index (χ1v) is 15.1. The van der Waals surface area contributed by atoms with Crippen molar-refractivity contribution in [2.45, 2.75) is 24.5 Å². The van der Waals surface area contributed by atoms with Gasteiger partial charge in [0.25, 0.3) is 11.8 Å². The van der Waals surface area contributed by atoms with Crippen LogP contribution < -0.4 is 5.32 Å². The van der Waals surface area contributed by atoms with Crippen LogP contribution in [0, 0.1) is 17.4 Å². The Kier molecular flexibility index (Phi) is 7.23. The van der Waals surface area contributed by atoms with Crippen molar-refractivity contribution in [3.8, 4) is 0 Å². The van der Waals surface area contributed by atoms with E-state index in [1.807, 2.05) is 44.0 Å². The molecule has 0 atom stereocenters. The van der Waals surface area contributed by atoms with Gasteiger partial charge in [-0.2, -0.15) is 0 Å². The van der Waals surface area contributed by atoms with Gasteiger partial charge in [-0.15, -0.1) is 0 Å². The van der Waals surface area contributed by atoms with E-state index in [2.05, 4.69) is 37.8 Å². The fourth-order valence-corrected chi connectivity index (χ4v) is 6.95. The molecule has 3 aromatic rings. The van der Waals surface area contributed by atoms with E-state index < -0.39 is 9.84 Å². The number of H-pyrrole nitrogens is 1. The Hall–Kier alpha value is -2.96. The Morgan fingerprint density at radius 2 is 1.82 bits per heavy atom. The molecule has 0 unspecified atom stereocenters. The number of hydrogen-bond donors (Lipinski definition) is 2. The molecule has 0 bridgehead atoms. The van der Waals surface area contributed by atoms with E-state index in [1.165, 1.54) is 6.07 Å². The summed E-state index contributed by atoms with van der Waals surface area (Å²) in [5, 5.41) is 2.83. The van der Waals surface area contributed by atoms with Crippen LogP contribution in [0.1, 0.15) is 38.4 Å². The zero-order valence-electron chi connectivity index (χ0n) is 21.5. The molecule has 8 nitrogen and oxygen atoms in total. The van der Waals surface area contributed by atoms with Crippen molar-refractivity contribution < 1.29 is 18.0 Å². The number of likely N-dealkylation sites (N-methyl/N-ethyl adjacent to an activating group) is 1. The second kappa shape index (κ2) is 10.3. The van der Waals surface area contributed by atoms with Crippen LogP contribution in [-0.4, -0.2) is 68.2 Å². The van der Waals surface area contributed by atoms with Crippen LogP contribution in [0.2, 0.25) is 0 Å². The lowest BCUT2D eigenvalue weighted by atomic mass is 10.0. The van der Waals surface area contributed by atoms with Crippen molar-refractivity contribution in [3.05, 3.63) is 79.7 Å². The average molecular weight is 645 g/mol. The minimum absolute atomic E-state index is 0.0192. The van der Waals surface area contributed by atoms with Gasteiger partial charge in [0.2, 0.25) is 0 Å². The third kappa shape index (κ3) is 5.16. The van der Waals surface area contributed by atoms with Gasteiger partial charge in [-0.1, -0.05) is 12.1 Å². The molecule has 0 saturated carbocycles. The van der Waals surface area contributed by atoms with Crippen LogP contribution in [0.4, 0.5) is 5.69 Å². The van der Waals surface area contributed by atoms with Gasteiger partial charge in [-0.3, -0.25) is 9.59 Å². The van der Waals surface area contributed by atoms with E-state index in [4.69, 9.17) is 0 Å². The monoisotopic (exact) mass is 644 g/mol. The first-order valence-electron chi connectivity index (χ1n) is 12.3. The number of fused-ring (bicyclic) bond motifs is 1. The molecule has 2 N–H and O–H groups in total. The van der Waals surface area contributed by atoms with Gasteiger partial charge in [0.15, 0.2) is 9.84 Å². The van der Waals surface area contributed by atoms with Crippen LogP contribution in [0.3, 0.4) is 0 Å². The number of rotatable bonds is 5. The summed E-state index contributed by atoms with van der Waals surface area (Å²) in [6.07, 6.45) is 1.71. The summed E-state index contributed by atoms with van der Waals surface area (Å²) in [5.41, 5.74) is 4.93. The van der Waals surface area contributed by atoms with E-state index in [-0.39, 0.29) is 22.5 Å². The molecule has 2 amide bonds. The molecule has 3 heterocycles. The lowest BCUT2D eigenvalue weighted by molar-refractivity contribution is -0.110. The molecule has 1 fully saturated rings. The van der Waals surface area contributed by atoms with Gasteiger partial charge in [-0.05, 0) is 91.0 Å². The highest BCUT2D eigenvalue weighted by Crippen LogP contribution is 2.36. The highest BCUT2D eigenvalue weighted by molar-refractivity contribution is 14.1. The third-order valence-corrected chi connectivity index (χ3v) is 9.50. The number of carbonyl (C=O) groups excluding carboxylic acids is 2. The zero-order valence-corrected chi connectivity index (χ0v) is 24.4. The van der Waals surface area contributed by atoms with Crippen LogP contribution in [0.5, 0.6) is 0 Å². The molecule has 0 spiro atoms. The Morgan fingerprint density at radius 1 is 1.08 bits per heavy atom. The van der Waals surface area contributed by atoms with Gasteiger partial charge in [-0.25, -0.2) is 8.42 Å². The molecule has 5 rings (SSSR count). The number of halogens is 1. The zero-order chi connectivity index (χ0) is 27.2. The predicted molar refractivity (Wildman–Crippen MR) is 157 cm³/mol. The molecule has 1 aromatic heterocycles. The fourth-order valence-electron chi connectivity index (χ4n) is 4.98. The number of aryl methyl sites for hydroxylation is 1. The highest BCUT2D eigenvalue weighted by Gasteiger charge is 2.29. The maximum absolute atomic E-state index is 13.3. The topological polar surface area (TPSA) is 103 Å². The lowest BCUT2D eigenvalue weighted by Crippen LogP contribution is -2.47. The summed E-state index contributed by atoms with van der Waals surface area (Å²) in [6, 6.07) is 12.1. The summed E-state index contributed by atoms with van der Waals surface area (Å²) in [4.78, 5) is 33.7. The molecule has 198 valence electrons. The van der Waals surface area contributed by atoms with Crippen molar-refractivity contribution in [2.75, 3.05) is 38.5 Å². The van der Waals surface area contributed by atoms with Gasteiger partial charge in [0.1, 0.15) is 0 Å². The van der Waals surface area contributed by atoms with E-state index in [9.17, 15) is 18.0 Å². The number of piperazine rings is 1. The number of aromatic amines is 1. The maximum Gasteiger partial charge on any atom is 0.256 e. The minimum Gasteiger partial charge on any atom is -0.358 e. The molecular formula is C28H29IN4O4S. The first-order chi connectivity index (χ1) is 18.0. The normalized spacial score (nSPS) is 17.1. The number of carbonyl (C=O) groups is 2. The number of nitrogens with one attached hydrogen (secondary N) is 2.